The Kier molecular flexibility index (Phi) is 3.64. The van der Waals surface area contributed by atoms with Gasteiger partial charge in [0.1, 0.15) is 16.5 Å². The molecule has 0 bridgehead atoms. The van der Waals surface area contributed by atoms with Gasteiger partial charge in [0, 0.05) is 43.4 Å². The maximum atomic E-state index is 4.85. The average molecular weight is 358 g/mol. The van der Waals surface area contributed by atoms with E-state index in [1.54, 1.807) is 36.0 Å². The molecule has 26 heavy (non-hydrogen) atoms. The Morgan fingerprint density at radius 3 is 2.46 bits per heavy atom. The molecule has 0 aromatic carbocycles. The van der Waals surface area contributed by atoms with Crippen molar-refractivity contribution in [2.45, 2.75) is 0 Å². The monoisotopic (exact) mass is 358 g/mol. The van der Waals surface area contributed by atoms with Crippen molar-refractivity contribution in [3.05, 3.63) is 61.2 Å². The summed E-state index contributed by atoms with van der Waals surface area (Å²) in [6.45, 7) is 2.06. The van der Waals surface area contributed by atoms with E-state index in [1.165, 1.54) is 0 Å². The van der Waals surface area contributed by atoms with Crippen LogP contribution in [0.2, 0.25) is 0 Å². The molecule has 0 amide bonds. The van der Waals surface area contributed by atoms with Gasteiger partial charge in [-0.3, -0.25) is 4.98 Å². The highest BCUT2D eigenvalue weighted by Crippen LogP contribution is 2.41. The number of hydrogen-bond acceptors (Lipinski definition) is 7. The molecular weight excluding hydrogens is 344 g/mol. The van der Waals surface area contributed by atoms with Crippen LogP contribution in [0, 0.1) is 0 Å². The number of thiazole rings is 1. The van der Waals surface area contributed by atoms with Gasteiger partial charge < -0.3 is 4.90 Å². The lowest BCUT2D eigenvalue weighted by atomic mass is 10.2. The molecule has 6 nitrogen and oxygen atoms in total. The summed E-state index contributed by atoms with van der Waals surface area (Å²) in [4.78, 5) is 25.8. The minimum absolute atomic E-state index is 0.625. The fourth-order valence-corrected chi connectivity index (χ4v) is 3.73. The van der Waals surface area contributed by atoms with E-state index in [4.69, 9.17) is 9.97 Å². The van der Waals surface area contributed by atoms with E-state index in [0.29, 0.717) is 5.82 Å². The quantitative estimate of drug-likeness (QED) is 0.520. The van der Waals surface area contributed by atoms with Crippen molar-refractivity contribution in [2.24, 2.45) is 0 Å². The molecule has 0 spiro atoms. The van der Waals surface area contributed by atoms with Crippen molar-refractivity contribution < 1.29 is 0 Å². The molecule has 4 aromatic heterocycles. The van der Waals surface area contributed by atoms with E-state index in [9.17, 15) is 0 Å². The van der Waals surface area contributed by atoms with E-state index in [2.05, 4.69) is 19.9 Å². The van der Waals surface area contributed by atoms with E-state index in [1.807, 2.05) is 36.5 Å². The molecule has 0 unspecified atom stereocenters. The third kappa shape index (κ3) is 2.82. The van der Waals surface area contributed by atoms with Crippen LogP contribution in [-0.4, -0.2) is 38.0 Å². The first-order chi connectivity index (χ1) is 12.9. The van der Waals surface area contributed by atoms with Gasteiger partial charge in [0.2, 0.25) is 0 Å². The molecule has 1 aliphatic heterocycles. The fourth-order valence-electron chi connectivity index (χ4n) is 2.68. The van der Waals surface area contributed by atoms with Gasteiger partial charge in [0.15, 0.2) is 5.82 Å². The molecular formula is C19H14N6S. The summed E-state index contributed by atoms with van der Waals surface area (Å²) in [6, 6.07) is 11.7. The van der Waals surface area contributed by atoms with Crippen LogP contribution in [0.5, 0.6) is 0 Å². The highest BCUT2D eigenvalue weighted by Gasteiger charge is 2.27. The van der Waals surface area contributed by atoms with Crippen LogP contribution in [0.25, 0.3) is 32.7 Å². The second-order valence-electron chi connectivity index (χ2n) is 5.88. The molecule has 0 atom stereocenters. The minimum atomic E-state index is 0.625. The molecule has 7 heteroatoms. The predicted octanol–water partition coefficient (Wildman–Crippen LogP) is 3.54. The molecule has 0 aliphatic carbocycles. The number of rotatable bonds is 4. The molecule has 0 radical (unpaired) electrons. The van der Waals surface area contributed by atoms with Crippen molar-refractivity contribution in [3.63, 3.8) is 0 Å². The second-order valence-corrected chi connectivity index (χ2v) is 6.88. The maximum absolute atomic E-state index is 4.85. The average Bonchev–Trinajstić information content (AvgIpc) is 3.47. The van der Waals surface area contributed by atoms with Gasteiger partial charge in [0.05, 0.1) is 10.6 Å². The maximum Gasteiger partial charge on any atom is 0.178 e. The standard InChI is InChI=1S/C19H14N6S/c1-5-14(23-15(6-1)17-21-8-3-9-22-17)16-18(25-10-11-25)24-19(26-16)13-4-2-7-20-12-13/h1-9,12H,10-11H2. The normalized spacial score (nSPS) is 13.0. The van der Waals surface area contributed by atoms with Gasteiger partial charge in [0.25, 0.3) is 0 Å². The number of nitrogens with zero attached hydrogens (tertiary/aromatic N) is 6. The molecule has 5 heterocycles. The predicted molar refractivity (Wildman–Crippen MR) is 102 cm³/mol. The SMILES string of the molecule is c1cnc(-c2cccc(-c3sc(-c4cccnc4)nc3N3CC3)n2)nc1. The van der Waals surface area contributed by atoms with Gasteiger partial charge in [-0.05, 0) is 30.3 Å². The highest BCUT2D eigenvalue weighted by atomic mass is 32.1. The molecule has 1 fully saturated rings. The molecule has 5 rings (SSSR count). The molecule has 0 N–H and O–H groups in total. The number of pyridine rings is 2. The number of aromatic nitrogens is 5. The summed E-state index contributed by atoms with van der Waals surface area (Å²) in [5, 5.41) is 0.957. The van der Waals surface area contributed by atoms with E-state index in [0.717, 1.165) is 45.7 Å². The molecule has 126 valence electrons. The van der Waals surface area contributed by atoms with Crippen molar-refractivity contribution in [2.75, 3.05) is 18.0 Å². The van der Waals surface area contributed by atoms with Gasteiger partial charge >= 0.3 is 0 Å². The summed E-state index contributed by atoms with van der Waals surface area (Å²) in [6.07, 6.45) is 7.07. The lowest BCUT2D eigenvalue weighted by Gasteiger charge is -2.04. The molecule has 1 aliphatic rings. The number of anilines is 1. The summed E-state index contributed by atoms with van der Waals surface area (Å²) in [5.74, 6) is 1.62. The first kappa shape index (κ1) is 15.1. The molecule has 1 saturated heterocycles. The van der Waals surface area contributed by atoms with E-state index in [-0.39, 0.29) is 0 Å². The summed E-state index contributed by atoms with van der Waals surface area (Å²) >= 11 is 1.64. The first-order valence-corrected chi connectivity index (χ1v) is 9.11. The van der Waals surface area contributed by atoms with Crippen LogP contribution in [0.3, 0.4) is 0 Å². The zero-order chi connectivity index (χ0) is 17.3. The van der Waals surface area contributed by atoms with Gasteiger partial charge in [-0.25, -0.2) is 19.9 Å². The minimum Gasteiger partial charge on any atom is -0.352 e. The first-order valence-electron chi connectivity index (χ1n) is 8.29. The summed E-state index contributed by atoms with van der Waals surface area (Å²) in [5.41, 5.74) is 2.68. The van der Waals surface area contributed by atoms with Crippen LogP contribution < -0.4 is 4.90 Å². The topological polar surface area (TPSA) is 67.5 Å². The van der Waals surface area contributed by atoms with Crippen LogP contribution in [0.15, 0.2) is 61.2 Å². The van der Waals surface area contributed by atoms with Gasteiger partial charge in [-0.2, -0.15) is 0 Å². The fraction of sp³-hybridized carbons (Fsp3) is 0.105. The van der Waals surface area contributed by atoms with Crippen LogP contribution >= 0.6 is 11.3 Å². The smallest absolute Gasteiger partial charge is 0.178 e. The third-order valence-corrected chi connectivity index (χ3v) is 5.16. The number of hydrogen-bond donors (Lipinski definition) is 0. The van der Waals surface area contributed by atoms with Crippen molar-refractivity contribution in [1.29, 1.82) is 0 Å². The Hall–Kier alpha value is -3.19. The van der Waals surface area contributed by atoms with Crippen LogP contribution in [0.4, 0.5) is 5.82 Å². The third-order valence-electron chi connectivity index (χ3n) is 4.04. The van der Waals surface area contributed by atoms with E-state index >= 15 is 0 Å². The Bertz CT molecular complexity index is 1040. The van der Waals surface area contributed by atoms with Crippen molar-refractivity contribution >= 4 is 17.2 Å². The summed E-state index contributed by atoms with van der Waals surface area (Å²) in [7, 11) is 0. The lowest BCUT2D eigenvalue weighted by Crippen LogP contribution is -1.95. The Labute approximate surface area is 154 Å². The van der Waals surface area contributed by atoms with Crippen LogP contribution in [0.1, 0.15) is 0 Å². The van der Waals surface area contributed by atoms with E-state index < -0.39 is 0 Å². The van der Waals surface area contributed by atoms with Crippen LogP contribution in [-0.2, 0) is 0 Å². The second kappa shape index (κ2) is 6.27. The molecule has 4 aromatic rings. The van der Waals surface area contributed by atoms with Crippen molar-refractivity contribution in [1.82, 2.24) is 24.9 Å². The Balaban J connectivity index is 1.61. The molecule has 0 saturated carbocycles. The zero-order valence-corrected chi connectivity index (χ0v) is 14.6. The highest BCUT2D eigenvalue weighted by molar-refractivity contribution is 7.19. The van der Waals surface area contributed by atoms with Gasteiger partial charge in [-0.1, -0.05) is 6.07 Å². The zero-order valence-electron chi connectivity index (χ0n) is 13.8. The Morgan fingerprint density at radius 2 is 1.69 bits per heavy atom. The Morgan fingerprint density at radius 1 is 0.846 bits per heavy atom. The van der Waals surface area contributed by atoms with Crippen molar-refractivity contribution in [3.8, 4) is 32.7 Å². The van der Waals surface area contributed by atoms with Gasteiger partial charge in [-0.15, -0.1) is 11.3 Å². The largest absolute Gasteiger partial charge is 0.352 e. The lowest BCUT2D eigenvalue weighted by molar-refractivity contribution is 1.14. The summed E-state index contributed by atoms with van der Waals surface area (Å²) < 4.78 is 0.